The van der Waals surface area contributed by atoms with Crippen molar-refractivity contribution in [3.8, 4) is 11.5 Å². The average molecular weight is 318 g/mol. The zero-order valence-electron chi connectivity index (χ0n) is 13.8. The van der Waals surface area contributed by atoms with Gasteiger partial charge in [-0.2, -0.15) is 0 Å². The summed E-state index contributed by atoms with van der Waals surface area (Å²) < 4.78 is 5.78. The van der Waals surface area contributed by atoms with Crippen LogP contribution in [0, 0.1) is 0 Å². The lowest BCUT2D eigenvalue weighted by molar-refractivity contribution is -0.130. The molecule has 1 saturated heterocycles. The number of phenolic OH excluding ortho intramolecular Hbond substituents is 1. The minimum absolute atomic E-state index is 0.0214. The first kappa shape index (κ1) is 15.6. The number of benzene rings is 1. The highest BCUT2D eigenvalue weighted by atomic mass is 16.5. The smallest absolute Gasteiger partial charge is 0.257 e. The molecule has 0 atom stereocenters. The third-order valence-electron chi connectivity index (χ3n) is 4.45. The lowest BCUT2D eigenvalue weighted by Crippen LogP contribution is -2.50. The third-order valence-corrected chi connectivity index (χ3v) is 4.45. The van der Waals surface area contributed by atoms with E-state index in [1.54, 1.807) is 15.9 Å². The molecular weight excluding hydrogens is 296 g/mol. The molecule has 1 aromatic rings. The Bertz CT molecular complexity index is 661. The van der Waals surface area contributed by atoms with Crippen LogP contribution in [0.15, 0.2) is 12.1 Å². The first-order valence-corrected chi connectivity index (χ1v) is 7.87. The topological polar surface area (TPSA) is 70.1 Å². The Labute approximate surface area is 135 Å². The summed E-state index contributed by atoms with van der Waals surface area (Å²) in [5, 5.41) is 10.4. The Kier molecular flexibility index (Phi) is 3.70. The molecule has 0 unspecified atom stereocenters. The van der Waals surface area contributed by atoms with Gasteiger partial charge in [-0.15, -0.1) is 0 Å². The predicted octanol–water partition coefficient (Wildman–Crippen LogP) is 1.41. The summed E-state index contributed by atoms with van der Waals surface area (Å²) in [5.74, 6) is 0.144. The van der Waals surface area contributed by atoms with E-state index in [4.69, 9.17) is 4.74 Å². The zero-order chi connectivity index (χ0) is 16.8. The maximum atomic E-state index is 12.7. The van der Waals surface area contributed by atoms with Gasteiger partial charge in [0.05, 0.1) is 5.56 Å². The number of nitrogens with zero attached hydrogens (tertiary/aromatic N) is 2. The van der Waals surface area contributed by atoms with Crippen LogP contribution in [0.1, 0.15) is 36.7 Å². The van der Waals surface area contributed by atoms with Gasteiger partial charge in [-0.3, -0.25) is 9.59 Å². The minimum Gasteiger partial charge on any atom is -0.504 e. The van der Waals surface area contributed by atoms with Gasteiger partial charge in [-0.25, -0.2) is 0 Å². The molecule has 23 heavy (non-hydrogen) atoms. The fraction of sp³-hybridized carbons (Fsp3) is 0.529. The van der Waals surface area contributed by atoms with Crippen molar-refractivity contribution in [2.75, 3.05) is 26.2 Å². The Morgan fingerprint density at radius 2 is 1.74 bits per heavy atom. The van der Waals surface area contributed by atoms with Crippen molar-refractivity contribution in [3.05, 3.63) is 23.3 Å². The lowest BCUT2D eigenvalue weighted by Gasteiger charge is -2.34. The number of fused-ring (bicyclic) bond motifs is 1. The van der Waals surface area contributed by atoms with Gasteiger partial charge < -0.3 is 19.6 Å². The molecule has 0 bridgehead atoms. The minimum atomic E-state index is -0.366. The van der Waals surface area contributed by atoms with E-state index in [2.05, 4.69) is 0 Å². The Hall–Kier alpha value is -2.24. The van der Waals surface area contributed by atoms with Gasteiger partial charge in [0.15, 0.2) is 11.5 Å². The Morgan fingerprint density at radius 1 is 1.13 bits per heavy atom. The molecule has 1 fully saturated rings. The zero-order valence-corrected chi connectivity index (χ0v) is 13.8. The average Bonchev–Trinajstić information content (AvgIpc) is 2.82. The van der Waals surface area contributed by atoms with Crippen LogP contribution in [-0.4, -0.2) is 58.5 Å². The summed E-state index contributed by atoms with van der Waals surface area (Å²) in [6.07, 6.45) is 0.710. The molecule has 0 saturated carbocycles. The summed E-state index contributed by atoms with van der Waals surface area (Å²) in [6.45, 7) is 7.43. The van der Waals surface area contributed by atoms with Crippen LogP contribution in [0.4, 0.5) is 0 Å². The van der Waals surface area contributed by atoms with Crippen LogP contribution in [0.25, 0.3) is 0 Å². The Morgan fingerprint density at radius 3 is 2.35 bits per heavy atom. The SMILES string of the molecule is CC(=O)N1CCN(C(=O)c2ccc3c(c2O)OC(C)(C)C3)CC1. The van der Waals surface area contributed by atoms with Crippen LogP contribution in [0.2, 0.25) is 0 Å². The normalized spacial score (nSPS) is 19.3. The number of hydrogen-bond donors (Lipinski definition) is 1. The second-order valence-corrected chi connectivity index (χ2v) is 6.79. The number of ether oxygens (including phenoxy) is 1. The number of carbonyl (C=O) groups excluding carboxylic acids is 2. The number of amides is 2. The number of aromatic hydroxyl groups is 1. The largest absolute Gasteiger partial charge is 0.504 e. The number of hydrogen-bond acceptors (Lipinski definition) is 4. The van der Waals surface area contributed by atoms with Crippen molar-refractivity contribution >= 4 is 11.8 Å². The summed E-state index contributed by atoms with van der Waals surface area (Å²) in [4.78, 5) is 27.4. The Balaban J connectivity index is 1.79. The molecule has 124 valence electrons. The molecule has 0 radical (unpaired) electrons. The van der Waals surface area contributed by atoms with Crippen LogP contribution in [-0.2, 0) is 11.2 Å². The molecule has 1 N–H and O–H groups in total. The van der Waals surface area contributed by atoms with E-state index in [0.717, 1.165) is 5.56 Å². The first-order valence-electron chi connectivity index (χ1n) is 7.87. The van der Waals surface area contributed by atoms with Gasteiger partial charge in [0.25, 0.3) is 5.91 Å². The molecule has 2 aliphatic rings. The highest BCUT2D eigenvalue weighted by molar-refractivity contribution is 5.98. The molecule has 2 amide bonds. The summed E-state index contributed by atoms with van der Waals surface area (Å²) >= 11 is 0. The number of phenols is 1. The number of rotatable bonds is 1. The number of carbonyl (C=O) groups is 2. The monoisotopic (exact) mass is 318 g/mol. The van der Waals surface area contributed by atoms with Crippen LogP contribution >= 0.6 is 0 Å². The maximum absolute atomic E-state index is 12.7. The molecule has 2 heterocycles. The highest BCUT2D eigenvalue weighted by Gasteiger charge is 2.35. The fourth-order valence-corrected chi connectivity index (χ4v) is 3.20. The standard InChI is InChI=1S/C17H22N2O4/c1-11(20)18-6-8-19(9-7-18)16(22)13-5-4-12-10-17(2,3)23-15(12)14(13)21/h4-5,21H,6-10H2,1-3H3. The predicted molar refractivity (Wildman–Crippen MR) is 84.7 cm³/mol. The lowest BCUT2D eigenvalue weighted by atomic mass is 10.00. The van der Waals surface area contributed by atoms with E-state index in [-0.39, 0.29) is 28.7 Å². The molecule has 1 aromatic carbocycles. The molecule has 6 heteroatoms. The first-order chi connectivity index (χ1) is 10.8. The van der Waals surface area contributed by atoms with Crippen molar-refractivity contribution in [2.24, 2.45) is 0 Å². The van der Waals surface area contributed by atoms with E-state index in [1.807, 2.05) is 19.9 Å². The van der Waals surface area contributed by atoms with Gasteiger partial charge in [0, 0.05) is 45.1 Å². The van der Waals surface area contributed by atoms with Gasteiger partial charge in [-0.1, -0.05) is 6.07 Å². The van der Waals surface area contributed by atoms with Gasteiger partial charge in [-0.05, 0) is 19.9 Å². The van der Waals surface area contributed by atoms with E-state index in [9.17, 15) is 14.7 Å². The number of piperazine rings is 1. The van der Waals surface area contributed by atoms with Gasteiger partial charge >= 0.3 is 0 Å². The molecule has 0 aromatic heterocycles. The van der Waals surface area contributed by atoms with E-state index in [0.29, 0.717) is 38.3 Å². The highest BCUT2D eigenvalue weighted by Crippen LogP contribution is 2.43. The van der Waals surface area contributed by atoms with Crippen LogP contribution < -0.4 is 4.74 Å². The third kappa shape index (κ3) is 2.85. The van der Waals surface area contributed by atoms with Crippen molar-refractivity contribution < 1.29 is 19.4 Å². The second-order valence-electron chi connectivity index (χ2n) is 6.79. The molecule has 2 aliphatic heterocycles. The summed E-state index contributed by atoms with van der Waals surface area (Å²) in [7, 11) is 0. The van der Waals surface area contributed by atoms with E-state index >= 15 is 0 Å². The van der Waals surface area contributed by atoms with Crippen molar-refractivity contribution in [1.82, 2.24) is 9.80 Å². The molecule has 0 spiro atoms. The molecule has 6 nitrogen and oxygen atoms in total. The molecule has 0 aliphatic carbocycles. The van der Waals surface area contributed by atoms with Gasteiger partial charge in [0.1, 0.15) is 5.60 Å². The van der Waals surface area contributed by atoms with Crippen molar-refractivity contribution in [3.63, 3.8) is 0 Å². The second kappa shape index (κ2) is 5.44. The quantitative estimate of drug-likeness (QED) is 0.850. The van der Waals surface area contributed by atoms with E-state index in [1.165, 1.54) is 6.92 Å². The maximum Gasteiger partial charge on any atom is 0.257 e. The van der Waals surface area contributed by atoms with Crippen LogP contribution in [0.3, 0.4) is 0 Å². The van der Waals surface area contributed by atoms with Crippen molar-refractivity contribution in [2.45, 2.75) is 32.8 Å². The fourth-order valence-electron chi connectivity index (χ4n) is 3.20. The summed E-state index contributed by atoms with van der Waals surface area (Å²) in [5.41, 5.74) is 0.817. The van der Waals surface area contributed by atoms with Crippen LogP contribution in [0.5, 0.6) is 11.5 Å². The van der Waals surface area contributed by atoms with Crippen molar-refractivity contribution in [1.29, 1.82) is 0 Å². The van der Waals surface area contributed by atoms with Gasteiger partial charge in [0.2, 0.25) is 5.91 Å². The van der Waals surface area contributed by atoms with E-state index < -0.39 is 0 Å². The summed E-state index contributed by atoms with van der Waals surface area (Å²) in [6, 6.07) is 3.52. The molecule has 3 rings (SSSR count). The molecular formula is C17H22N2O4.